The Hall–Kier alpha value is -2.66. The fraction of sp³-hybridized carbons (Fsp3) is 0.391. The molecule has 3 aromatic rings. The van der Waals surface area contributed by atoms with E-state index in [0.717, 1.165) is 21.8 Å². The molecule has 8 heteroatoms. The maximum Gasteiger partial charge on any atom is 0.391 e. The Labute approximate surface area is 183 Å². The summed E-state index contributed by atoms with van der Waals surface area (Å²) in [7, 11) is 0. The van der Waals surface area contributed by atoms with Gasteiger partial charge in [-0.3, -0.25) is 4.40 Å². The van der Waals surface area contributed by atoms with E-state index in [4.69, 9.17) is 4.74 Å². The smallest absolute Gasteiger partial charge is 0.391 e. The van der Waals surface area contributed by atoms with E-state index >= 15 is 0 Å². The first-order chi connectivity index (χ1) is 14.9. The van der Waals surface area contributed by atoms with Crippen LogP contribution in [0.25, 0.3) is 16.9 Å². The van der Waals surface area contributed by atoms with Gasteiger partial charge in [0.15, 0.2) is 0 Å². The third kappa shape index (κ3) is 4.52. The summed E-state index contributed by atoms with van der Waals surface area (Å²) in [6.45, 7) is 0.172. The number of ether oxygens (including phenoxy) is 1. The highest BCUT2D eigenvalue weighted by molar-refractivity contribution is 7.98. The Balaban J connectivity index is 1.63. The molecule has 2 atom stereocenters. The van der Waals surface area contributed by atoms with Crippen molar-refractivity contribution in [3.05, 3.63) is 48.3 Å². The second-order valence-corrected chi connectivity index (χ2v) is 8.67. The van der Waals surface area contributed by atoms with Gasteiger partial charge in [0.05, 0.1) is 24.4 Å². The van der Waals surface area contributed by atoms with Crippen molar-refractivity contribution in [2.24, 2.45) is 11.8 Å². The lowest BCUT2D eigenvalue weighted by molar-refractivity contribution is -0.186. The number of hydrogen-bond acceptors (Lipinski definition) is 4. The van der Waals surface area contributed by atoms with Crippen molar-refractivity contribution in [3.8, 4) is 23.1 Å². The molecule has 2 aromatic heterocycles. The van der Waals surface area contributed by atoms with Crippen molar-refractivity contribution in [3.63, 3.8) is 0 Å². The number of nitriles is 1. The fourth-order valence-corrected chi connectivity index (χ4v) is 4.81. The molecule has 1 aromatic carbocycles. The quantitative estimate of drug-likeness (QED) is 0.430. The molecule has 0 spiro atoms. The van der Waals surface area contributed by atoms with Gasteiger partial charge in [0.2, 0.25) is 0 Å². The van der Waals surface area contributed by atoms with Crippen LogP contribution in [0.1, 0.15) is 31.2 Å². The Bertz CT molecular complexity index is 1120. The van der Waals surface area contributed by atoms with Crippen molar-refractivity contribution >= 4 is 17.4 Å². The van der Waals surface area contributed by atoms with Gasteiger partial charge in [-0.25, -0.2) is 4.98 Å². The van der Waals surface area contributed by atoms with Gasteiger partial charge in [0.25, 0.3) is 0 Å². The Morgan fingerprint density at radius 2 is 2.13 bits per heavy atom. The van der Waals surface area contributed by atoms with Gasteiger partial charge in [-0.15, -0.1) is 11.8 Å². The minimum absolute atomic E-state index is 0.0771. The lowest BCUT2D eigenvalue weighted by Crippen LogP contribution is -2.30. The molecule has 162 valence electrons. The number of aromatic nitrogens is 2. The van der Waals surface area contributed by atoms with Gasteiger partial charge in [0.1, 0.15) is 23.0 Å². The highest BCUT2D eigenvalue weighted by atomic mass is 32.2. The van der Waals surface area contributed by atoms with Crippen molar-refractivity contribution < 1.29 is 17.9 Å². The van der Waals surface area contributed by atoms with Gasteiger partial charge in [0, 0.05) is 16.7 Å². The van der Waals surface area contributed by atoms with Crippen LogP contribution in [0.4, 0.5) is 13.2 Å². The lowest BCUT2D eigenvalue weighted by atomic mass is 9.81. The van der Waals surface area contributed by atoms with Crippen LogP contribution in [-0.2, 0) is 0 Å². The molecule has 4 nitrogen and oxygen atoms in total. The van der Waals surface area contributed by atoms with E-state index in [-0.39, 0.29) is 25.4 Å². The third-order valence-electron chi connectivity index (χ3n) is 5.83. The second kappa shape index (κ2) is 8.83. The molecule has 1 aliphatic rings. The predicted molar refractivity (Wildman–Crippen MR) is 114 cm³/mol. The van der Waals surface area contributed by atoms with Crippen molar-refractivity contribution in [1.82, 2.24) is 9.38 Å². The SMILES string of the molecule is CSc1cc(-c2cnc3ccccn23)cc(OCC2CCCC(C(F)(F)F)C2)c1C#N. The number of nitrogens with zero attached hydrogens (tertiary/aromatic N) is 3. The number of hydrogen-bond donors (Lipinski definition) is 0. The average Bonchev–Trinajstić information content (AvgIpc) is 3.20. The van der Waals surface area contributed by atoms with Crippen LogP contribution in [0.15, 0.2) is 47.6 Å². The predicted octanol–water partition coefficient (Wildman–Crippen LogP) is 6.34. The topological polar surface area (TPSA) is 50.3 Å². The first-order valence-corrected chi connectivity index (χ1v) is 11.4. The highest BCUT2D eigenvalue weighted by Gasteiger charge is 2.42. The first kappa shape index (κ1) is 21.6. The molecule has 2 heterocycles. The Morgan fingerprint density at radius 3 is 2.87 bits per heavy atom. The monoisotopic (exact) mass is 445 g/mol. The molecule has 1 saturated carbocycles. The summed E-state index contributed by atoms with van der Waals surface area (Å²) >= 11 is 1.44. The number of fused-ring (bicyclic) bond motifs is 1. The molecule has 0 saturated heterocycles. The number of rotatable bonds is 5. The van der Waals surface area contributed by atoms with E-state index in [1.807, 2.05) is 41.1 Å². The van der Waals surface area contributed by atoms with Crippen LogP contribution in [0, 0.1) is 23.2 Å². The molecule has 0 amide bonds. The molecule has 4 rings (SSSR count). The molecule has 0 N–H and O–H groups in total. The molecular formula is C23H22F3N3OS. The van der Waals surface area contributed by atoms with E-state index in [1.165, 1.54) is 11.8 Å². The van der Waals surface area contributed by atoms with E-state index in [0.29, 0.717) is 24.2 Å². The van der Waals surface area contributed by atoms with Crippen molar-refractivity contribution in [2.45, 2.75) is 36.8 Å². The van der Waals surface area contributed by atoms with Gasteiger partial charge >= 0.3 is 6.18 Å². The normalized spacial score (nSPS) is 19.3. The second-order valence-electron chi connectivity index (χ2n) is 7.82. The number of halogens is 3. The van der Waals surface area contributed by atoms with Crippen LogP contribution in [-0.4, -0.2) is 28.4 Å². The van der Waals surface area contributed by atoms with Crippen LogP contribution in [0.3, 0.4) is 0 Å². The fourth-order valence-electron chi connectivity index (χ4n) is 4.22. The standard InChI is InChI=1S/C23H22F3N3OS/c1-31-21-11-16(19-13-28-22-7-2-3-8-29(19)22)10-20(18(21)12-27)30-14-15-5-4-6-17(9-15)23(24,25)26/h2-3,7-8,10-11,13,15,17H,4-6,9,14H2,1H3. The molecule has 0 bridgehead atoms. The maximum atomic E-state index is 13.1. The van der Waals surface area contributed by atoms with Crippen LogP contribution >= 0.6 is 11.8 Å². The number of pyridine rings is 1. The van der Waals surface area contributed by atoms with E-state index in [9.17, 15) is 18.4 Å². The third-order valence-corrected chi connectivity index (χ3v) is 6.59. The number of thioether (sulfide) groups is 1. The summed E-state index contributed by atoms with van der Waals surface area (Å²) in [4.78, 5) is 5.18. The average molecular weight is 446 g/mol. The van der Waals surface area contributed by atoms with Crippen LogP contribution in [0.2, 0.25) is 0 Å². The minimum atomic E-state index is -4.16. The summed E-state index contributed by atoms with van der Waals surface area (Å²) in [6, 6.07) is 11.6. The first-order valence-electron chi connectivity index (χ1n) is 10.1. The molecular weight excluding hydrogens is 423 g/mol. The number of imidazole rings is 1. The van der Waals surface area contributed by atoms with Crippen molar-refractivity contribution in [2.75, 3.05) is 12.9 Å². The molecule has 1 fully saturated rings. The van der Waals surface area contributed by atoms with Gasteiger partial charge in [-0.05, 0) is 55.7 Å². The van der Waals surface area contributed by atoms with Gasteiger partial charge < -0.3 is 4.74 Å². The van der Waals surface area contributed by atoms with Crippen LogP contribution < -0.4 is 4.74 Å². The van der Waals surface area contributed by atoms with E-state index in [2.05, 4.69) is 11.1 Å². The largest absolute Gasteiger partial charge is 0.492 e. The summed E-state index contributed by atoms with van der Waals surface area (Å²) in [5.74, 6) is -1.04. The summed E-state index contributed by atoms with van der Waals surface area (Å²) in [5.41, 5.74) is 2.91. The molecule has 0 radical (unpaired) electrons. The molecule has 31 heavy (non-hydrogen) atoms. The van der Waals surface area contributed by atoms with E-state index < -0.39 is 12.1 Å². The zero-order chi connectivity index (χ0) is 22.0. The Morgan fingerprint density at radius 1 is 1.29 bits per heavy atom. The summed E-state index contributed by atoms with van der Waals surface area (Å²) in [5, 5.41) is 9.70. The van der Waals surface area contributed by atoms with E-state index in [1.54, 1.807) is 12.3 Å². The zero-order valence-corrected chi connectivity index (χ0v) is 17.8. The lowest BCUT2D eigenvalue weighted by Gasteiger charge is -2.30. The van der Waals surface area contributed by atoms with Crippen molar-refractivity contribution in [1.29, 1.82) is 5.26 Å². The number of alkyl halides is 3. The summed E-state index contributed by atoms with van der Waals surface area (Å²) < 4.78 is 47.4. The highest BCUT2D eigenvalue weighted by Crippen LogP contribution is 2.41. The summed E-state index contributed by atoms with van der Waals surface area (Å²) in [6.07, 6.45) is 2.91. The zero-order valence-electron chi connectivity index (χ0n) is 17.0. The van der Waals surface area contributed by atoms with Gasteiger partial charge in [-0.1, -0.05) is 12.5 Å². The maximum absolute atomic E-state index is 13.1. The van der Waals surface area contributed by atoms with Gasteiger partial charge in [-0.2, -0.15) is 18.4 Å². The number of benzene rings is 1. The minimum Gasteiger partial charge on any atom is -0.492 e. The molecule has 1 aliphatic carbocycles. The molecule has 2 unspecified atom stereocenters. The van der Waals surface area contributed by atoms with Crippen LogP contribution in [0.5, 0.6) is 5.75 Å². The Kier molecular flexibility index (Phi) is 6.15. The molecule has 0 aliphatic heterocycles.